The van der Waals surface area contributed by atoms with Gasteiger partial charge >= 0.3 is 5.97 Å². The second kappa shape index (κ2) is 6.30. The number of carbonyl (C=O) groups excluding carboxylic acids is 1. The standard InChI is InChI=1S/C12H18N4O2/c1-18-12(17)10-7-13-8-11(16-10)15-6-4-9-3-2-5-14-9/h7-9,14H,2-6H2,1H3,(H,15,16)/t9-/m1/s1. The molecule has 1 aromatic rings. The molecule has 2 heterocycles. The molecule has 0 bridgehead atoms. The Morgan fingerprint density at radius 3 is 3.22 bits per heavy atom. The summed E-state index contributed by atoms with van der Waals surface area (Å²) in [4.78, 5) is 19.4. The molecule has 1 aliphatic rings. The van der Waals surface area contributed by atoms with E-state index >= 15 is 0 Å². The van der Waals surface area contributed by atoms with Crippen molar-refractivity contribution in [2.24, 2.45) is 0 Å². The molecule has 6 nitrogen and oxygen atoms in total. The summed E-state index contributed by atoms with van der Waals surface area (Å²) >= 11 is 0. The van der Waals surface area contributed by atoms with Gasteiger partial charge in [-0.1, -0.05) is 0 Å². The fourth-order valence-corrected chi connectivity index (χ4v) is 2.03. The number of esters is 1. The fraction of sp³-hybridized carbons (Fsp3) is 0.583. The number of rotatable bonds is 5. The van der Waals surface area contributed by atoms with Crippen LogP contribution >= 0.6 is 0 Å². The zero-order valence-electron chi connectivity index (χ0n) is 10.5. The number of methoxy groups -OCH3 is 1. The van der Waals surface area contributed by atoms with Gasteiger partial charge in [0.05, 0.1) is 19.5 Å². The number of aromatic nitrogens is 2. The van der Waals surface area contributed by atoms with Crippen LogP contribution < -0.4 is 10.6 Å². The Morgan fingerprint density at radius 1 is 1.61 bits per heavy atom. The first kappa shape index (κ1) is 12.8. The second-order valence-electron chi connectivity index (χ2n) is 4.29. The fourth-order valence-electron chi connectivity index (χ4n) is 2.03. The number of anilines is 1. The molecule has 0 amide bonds. The van der Waals surface area contributed by atoms with E-state index in [1.54, 1.807) is 6.20 Å². The minimum atomic E-state index is -0.469. The average molecular weight is 250 g/mol. The molecule has 0 aromatic carbocycles. The monoisotopic (exact) mass is 250 g/mol. The predicted molar refractivity (Wildman–Crippen MR) is 67.5 cm³/mol. The van der Waals surface area contributed by atoms with Crippen LogP contribution in [0.5, 0.6) is 0 Å². The van der Waals surface area contributed by atoms with E-state index in [4.69, 9.17) is 0 Å². The smallest absolute Gasteiger partial charge is 0.358 e. The van der Waals surface area contributed by atoms with Gasteiger partial charge in [0.1, 0.15) is 5.82 Å². The van der Waals surface area contributed by atoms with Crippen molar-refractivity contribution in [3.8, 4) is 0 Å². The van der Waals surface area contributed by atoms with Gasteiger partial charge in [-0.25, -0.2) is 9.78 Å². The van der Waals surface area contributed by atoms with E-state index in [-0.39, 0.29) is 5.69 Å². The van der Waals surface area contributed by atoms with Crippen LogP contribution in [-0.4, -0.2) is 42.2 Å². The third-order valence-corrected chi connectivity index (χ3v) is 2.99. The zero-order valence-corrected chi connectivity index (χ0v) is 10.5. The molecule has 0 radical (unpaired) electrons. The van der Waals surface area contributed by atoms with E-state index in [1.165, 1.54) is 26.1 Å². The van der Waals surface area contributed by atoms with Crippen molar-refractivity contribution in [1.29, 1.82) is 0 Å². The van der Waals surface area contributed by atoms with E-state index in [0.717, 1.165) is 19.5 Å². The van der Waals surface area contributed by atoms with E-state index in [2.05, 4.69) is 25.3 Å². The molecule has 1 fully saturated rings. The van der Waals surface area contributed by atoms with E-state index < -0.39 is 5.97 Å². The molecule has 0 unspecified atom stereocenters. The molecule has 0 saturated carbocycles. The van der Waals surface area contributed by atoms with Crippen LogP contribution in [0.15, 0.2) is 12.4 Å². The Hall–Kier alpha value is -1.69. The van der Waals surface area contributed by atoms with Crippen molar-refractivity contribution in [3.63, 3.8) is 0 Å². The van der Waals surface area contributed by atoms with Crippen LogP contribution in [0.4, 0.5) is 5.82 Å². The van der Waals surface area contributed by atoms with Crippen LogP contribution in [0.3, 0.4) is 0 Å². The second-order valence-corrected chi connectivity index (χ2v) is 4.29. The van der Waals surface area contributed by atoms with Gasteiger partial charge in [-0.2, -0.15) is 0 Å². The molecule has 1 aliphatic heterocycles. The minimum Gasteiger partial charge on any atom is -0.464 e. The maximum atomic E-state index is 11.3. The molecule has 2 N–H and O–H groups in total. The van der Waals surface area contributed by atoms with Gasteiger partial charge in [0.25, 0.3) is 0 Å². The molecule has 2 rings (SSSR count). The Labute approximate surface area is 106 Å². The highest BCUT2D eigenvalue weighted by Crippen LogP contribution is 2.09. The largest absolute Gasteiger partial charge is 0.464 e. The molecule has 1 saturated heterocycles. The van der Waals surface area contributed by atoms with Gasteiger partial charge in [-0.15, -0.1) is 0 Å². The van der Waals surface area contributed by atoms with Crippen molar-refractivity contribution >= 4 is 11.8 Å². The van der Waals surface area contributed by atoms with Crippen molar-refractivity contribution in [2.45, 2.75) is 25.3 Å². The summed E-state index contributed by atoms with van der Waals surface area (Å²) in [6, 6.07) is 0.592. The molecule has 98 valence electrons. The lowest BCUT2D eigenvalue weighted by molar-refractivity contribution is 0.0593. The summed E-state index contributed by atoms with van der Waals surface area (Å²) in [5.74, 6) is 0.138. The van der Waals surface area contributed by atoms with Gasteiger partial charge in [-0.05, 0) is 25.8 Å². The van der Waals surface area contributed by atoms with Crippen LogP contribution in [0.1, 0.15) is 29.8 Å². The summed E-state index contributed by atoms with van der Waals surface area (Å²) in [6.07, 6.45) is 6.53. The topological polar surface area (TPSA) is 76.1 Å². The van der Waals surface area contributed by atoms with Gasteiger partial charge in [-0.3, -0.25) is 4.98 Å². The molecule has 0 spiro atoms. The van der Waals surface area contributed by atoms with Crippen LogP contribution in [0, 0.1) is 0 Å². The Balaban J connectivity index is 1.83. The lowest BCUT2D eigenvalue weighted by Crippen LogP contribution is -2.24. The number of ether oxygens (including phenoxy) is 1. The first-order chi connectivity index (χ1) is 8.79. The van der Waals surface area contributed by atoms with Crippen molar-refractivity contribution in [2.75, 3.05) is 25.5 Å². The third-order valence-electron chi connectivity index (χ3n) is 2.99. The maximum absolute atomic E-state index is 11.3. The predicted octanol–water partition coefficient (Wildman–Crippen LogP) is 0.817. The minimum absolute atomic E-state index is 0.224. The highest BCUT2D eigenvalue weighted by Gasteiger charge is 2.13. The quantitative estimate of drug-likeness (QED) is 0.753. The van der Waals surface area contributed by atoms with Crippen LogP contribution in [0.2, 0.25) is 0 Å². The highest BCUT2D eigenvalue weighted by atomic mass is 16.5. The summed E-state index contributed by atoms with van der Waals surface area (Å²) in [7, 11) is 1.33. The summed E-state index contributed by atoms with van der Waals surface area (Å²) in [6.45, 7) is 1.93. The lowest BCUT2D eigenvalue weighted by Gasteiger charge is -2.11. The Morgan fingerprint density at radius 2 is 2.50 bits per heavy atom. The number of hydrogen-bond donors (Lipinski definition) is 2. The zero-order chi connectivity index (χ0) is 12.8. The molecule has 1 atom stereocenters. The lowest BCUT2D eigenvalue weighted by atomic mass is 10.1. The first-order valence-electron chi connectivity index (χ1n) is 6.17. The van der Waals surface area contributed by atoms with E-state index in [1.807, 2.05) is 0 Å². The van der Waals surface area contributed by atoms with Gasteiger partial charge in [0, 0.05) is 12.6 Å². The molecular weight excluding hydrogens is 232 g/mol. The molecule has 1 aromatic heterocycles. The van der Waals surface area contributed by atoms with Crippen LogP contribution in [-0.2, 0) is 4.74 Å². The number of carbonyl (C=O) groups is 1. The normalized spacial score (nSPS) is 18.6. The SMILES string of the molecule is COC(=O)c1cncc(NCC[C@H]2CCCN2)n1. The number of nitrogens with zero attached hydrogens (tertiary/aromatic N) is 2. The number of nitrogens with one attached hydrogen (secondary N) is 2. The van der Waals surface area contributed by atoms with E-state index in [9.17, 15) is 4.79 Å². The molecule has 6 heteroatoms. The molecule has 18 heavy (non-hydrogen) atoms. The van der Waals surface area contributed by atoms with Gasteiger partial charge in [0.2, 0.25) is 0 Å². The average Bonchev–Trinajstić information content (AvgIpc) is 2.91. The van der Waals surface area contributed by atoms with Gasteiger partial charge in [0.15, 0.2) is 5.69 Å². The van der Waals surface area contributed by atoms with Crippen LogP contribution in [0.25, 0.3) is 0 Å². The first-order valence-corrected chi connectivity index (χ1v) is 6.17. The number of hydrogen-bond acceptors (Lipinski definition) is 6. The van der Waals surface area contributed by atoms with Crippen molar-refractivity contribution < 1.29 is 9.53 Å². The van der Waals surface area contributed by atoms with Crippen molar-refractivity contribution in [3.05, 3.63) is 18.1 Å². The maximum Gasteiger partial charge on any atom is 0.358 e. The van der Waals surface area contributed by atoms with Gasteiger partial charge < -0.3 is 15.4 Å². The third kappa shape index (κ3) is 3.40. The summed E-state index contributed by atoms with van der Waals surface area (Å²) < 4.78 is 4.60. The summed E-state index contributed by atoms with van der Waals surface area (Å²) in [5.41, 5.74) is 0.224. The highest BCUT2D eigenvalue weighted by molar-refractivity contribution is 5.87. The molecule has 0 aliphatic carbocycles. The van der Waals surface area contributed by atoms with E-state index in [0.29, 0.717) is 11.9 Å². The summed E-state index contributed by atoms with van der Waals surface area (Å²) in [5, 5.41) is 6.60. The Bertz CT molecular complexity index is 405. The molecular formula is C12H18N4O2. The Kier molecular flexibility index (Phi) is 4.46. The van der Waals surface area contributed by atoms with Crippen molar-refractivity contribution in [1.82, 2.24) is 15.3 Å².